The number of hydrogen-bond donors (Lipinski definition) is 1. The summed E-state index contributed by atoms with van der Waals surface area (Å²) in [6.45, 7) is 5.07. The van der Waals surface area contributed by atoms with Crippen LogP contribution >= 0.6 is 11.8 Å². The maximum Gasteiger partial charge on any atom is 0.419 e. The number of amides is 1. The van der Waals surface area contributed by atoms with Crippen molar-refractivity contribution < 1.29 is 28.2 Å². The first-order chi connectivity index (χ1) is 12.6. The zero-order valence-electron chi connectivity index (χ0n) is 15.0. The van der Waals surface area contributed by atoms with Gasteiger partial charge >= 0.3 is 12.1 Å². The lowest BCUT2D eigenvalue weighted by molar-refractivity contribution is 0.0599. The van der Waals surface area contributed by atoms with E-state index in [1.54, 1.807) is 32.9 Å². The van der Waals surface area contributed by atoms with Gasteiger partial charge in [0.25, 0.3) is 5.76 Å². The van der Waals surface area contributed by atoms with Gasteiger partial charge in [-0.15, -0.1) is 0 Å². The van der Waals surface area contributed by atoms with Crippen molar-refractivity contribution in [3.05, 3.63) is 54.1 Å². The van der Waals surface area contributed by atoms with Crippen molar-refractivity contribution in [1.29, 1.82) is 0 Å². The van der Waals surface area contributed by atoms with E-state index in [2.05, 4.69) is 0 Å². The summed E-state index contributed by atoms with van der Waals surface area (Å²) in [4.78, 5) is 25.8. The van der Waals surface area contributed by atoms with E-state index >= 15 is 0 Å². The fraction of sp³-hybridized carbons (Fsp3) is 0.263. The third kappa shape index (κ3) is 5.68. The van der Waals surface area contributed by atoms with Gasteiger partial charge in [0, 0.05) is 4.90 Å². The van der Waals surface area contributed by atoms with Crippen LogP contribution in [0.4, 0.5) is 25.0 Å². The van der Waals surface area contributed by atoms with Gasteiger partial charge in [-0.25, -0.2) is 14.5 Å². The SMILES string of the molecule is CC(C)(C)OC(=O)N(c1ccc(SC(F)F)cc1)c1ccccc1C(=O)O. The summed E-state index contributed by atoms with van der Waals surface area (Å²) in [6.07, 6.45) is -0.773. The van der Waals surface area contributed by atoms with Crippen LogP contribution < -0.4 is 4.90 Å². The van der Waals surface area contributed by atoms with Crippen LogP contribution in [-0.2, 0) is 4.74 Å². The molecule has 2 rings (SSSR count). The highest BCUT2D eigenvalue weighted by molar-refractivity contribution is 7.99. The van der Waals surface area contributed by atoms with Gasteiger partial charge in [-0.2, -0.15) is 8.78 Å². The summed E-state index contributed by atoms with van der Waals surface area (Å²) in [7, 11) is 0. The number of halogens is 2. The number of aromatic carboxylic acids is 1. The van der Waals surface area contributed by atoms with Crippen molar-refractivity contribution in [2.45, 2.75) is 37.0 Å². The van der Waals surface area contributed by atoms with E-state index in [-0.39, 0.29) is 11.3 Å². The molecule has 5 nitrogen and oxygen atoms in total. The molecule has 0 aromatic heterocycles. The molecule has 0 unspecified atom stereocenters. The summed E-state index contributed by atoms with van der Waals surface area (Å²) in [6, 6.07) is 11.8. The summed E-state index contributed by atoms with van der Waals surface area (Å²) >= 11 is 0.379. The number of benzene rings is 2. The number of nitrogens with zero attached hydrogens (tertiary/aromatic N) is 1. The van der Waals surface area contributed by atoms with Crippen LogP contribution in [0, 0.1) is 0 Å². The van der Waals surface area contributed by atoms with Crippen LogP contribution in [0.1, 0.15) is 31.1 Å². The number of hydrogen-bond acceptors (Lipinski definition) is 4. The molecule has 0 aliphatic rings. The lowest BCUT2D eigenvalue weighted by Gasteiger charge is -2.28. The lowest BCUT2D eigenvalue weighted by atomic mass is 10.1. The molecular weight excluding hydrogens is 376 g/mol. The maximum absolute atomic E-state index is 12.8. The van der Waals surface area contributed by atoms with Crippen LogP contribution in [0.15, 0.2) is 53.4 Å². The maximum atomic E-state index is 12.8. The number of carbonyl (C=O) groups is 2. The van der Waals surface area contributed by atoms with Crippen LogP contribution in [0.5, 0.6) is 0 Å². The number of carboxylic acids is 1. The Morgan fingerprint density at radius 2 is 1.67 bits per heavy atom. The first-order valence-electron chi connectivity index (χ1n) is 7.99. The largest absolute Gasteiger partial charge is 0.478 e. The number of alkyl halides is 2. The predicted octanol–water partition coefficient (Wildman–Crippen LogP) is 5.77. The predicted molar refractivity (Wildman–Crippen MR) is 100 cm³/mol. The van der Waals surface area contributed by atoms with Gasteiger partial charge < -0.3 is 9.84 Å². The Bertz CT molecular complexity index is 819. The molecule has 1 N–H and O–H groups in total. The van der Waals surface area contributed by atoms with Crippen molar-refractivity contribution in [2.24, 2.45) is 0 Å². The quantitative estimate of drug-likeness (QED) is 0.651. The van der Waals surface area contributed by atoms with Crippen LogP contribution in [0.2, 0.25) is 0 Å². The Morgan fingerprint density at radius 3 is 2.19 bits per heavy atom. The molecule has 2 aromatic rings. The smallest absolute Gasteiger partial charge is 0.419 e. The minimum atomic E-state index is -2.56. The first-order valence-corrected chi connectivity index (χ1v) is 8.87. The van der Waals surface area contributed by atoms with E-state index in [1.807, 2.05) is 0 Å². The fourth-order valence-corrected chi connectivity index (χ4v) is 2.78. The van der Waals surface area contributed by atoms with Gasteiger partial charge in [0.15, 0.2) is 0 Å². The summed E-state index contributed by atoms with van der Waals surface area (Å²) < 4.78 is 30.4. The zero-order chi connectivity index (χ0) is 20.2. The van der Waals surface area contributed by atoms with E-state index < -0.39 is 23.4 Å². The number of anilines is 2. The molecule has 8 heteroatoms. The molecule has 144 valence electrons. The average molecular weight is 395 g/mol. The van der Waals surface area contributed by atoms with Crippen molar-refractivity contribution in [1.82, 2.24) is 0 Å². The van der Waals surface area contributed by atoms with Gasteiger partial charge in [-0.1, -0.05) is 23.9 Å². The standard InChI is InChI=1S/C19H19F2NO4S/c1-19(2,3)26-18(25)22(15-7-5-4-6-14(15)16(23)24)12-8-10-13(11-9-12)27-17(20)21/h4-11,17H,1-3H3,(H,23,24). The van der Waals surface area contributed by atoms with Crippen molar-refractivity contribution >= 4 is 35.2 Å². The number of rotatable bonds is 5. The van der Waals surface area contributed by atoms with Crippen LogP contribution in [0.3, 0.4) is 0 Å². The Balaban J connectivity index is 2.51. The number of thioether (sulfide) groups is 1. The summed E-state index contributed by atoms with van der Waals surface area (Å²) in [5.74, 6) is -3.77. The normalized spacial score (nSPS) is 11.3. The summed E-state index contributed by atoms with van der Waals surface area (Å²) in [5.41, 5.74) is -0.474. The molecule has 0 spiro atoms. The highest BCUT2D eigenvalue weighted by Crippen LogP contribution is 2.33. The molecule has 0 atom stereocenters. The van der Waals surface area contributed by atoms with E-state index in [0.717, 1.165) is 4.90 Å². The molecule has 1 amide bonds. The van der Waals surface area contributed by atoms with Gasteiger partial charge in [0.05, 0.1) is 16.9 Å². The first kappa shape index (κ1) is 20.7. The highest BCUT2D eigenvalue weighted by Gasteiger charge is 2.28. The lowest BCUT2D eigenvalue weighted by Crippen LogP contribution is -2.34. The average Bonchev–Trinajstić information content (AvgIpc) is 2.55. The Labute approximate surface area is 159 Å². The van der Waals surface area contributed by atoms with Crippen LogP contribution in [0.25, 0.3) is 0 Å². The zero-order valence-corrected chi connectivity index (χ0v) is 15.8. The van der Waals surface area contributed by atoms with Gasteiger partial charge in [0.2, 0.25) is 0 Å². The van der Waals surface area contributed by atoms with Crippen LogP contribution in [-0.4, -0.2) is 28.5 Å². The van der Waals surface area contributed by atoms with Crippen molar-refractivity contribution in [3.63, 3.8) is 0 Å². The molecule has 0 radical (unpaired) electrons. The van der Waals surface area contributed by atoms with Gasteiger partial charge in [-0.05, 0) is 57.2 Å². The second kappa shape index (κ2) is 8.39. The topological polar surface area (TPSA) is 66.8 Å². The number of carboxylic acid groups (broad SMARTS) is 1. The second-order valence-electron chi connectivity index (χ2n) is 6.51. The molecular formula is C19H19F2NO4S. The number of ether oxygens (including phenoxy) is 1. The molecule has 0 bridgehead atoms. The van der Waals surface area contributed by atoms with Crippen molar-refractivity contribution in [3.8, 4) is 0 Å². The van der Waals surface area contributed by atoms with E-state index in [1.165, 1.54) is 36.4 Å². The molecule has 0 saturated heterocycles. The molecule has 0 aliphatic heterocycles. The molecule has 0 fully saturated rings. The Kier molecular flexibility index (Phi) is 6.43. The molecule has 27 heavy (non-hydrogen) atoms. The fourth-order valence-electron chi connectivity index (χ4n) is 2.28. The van der Waals surface area contributed by atoms with E-state index in [9.17, 15) is 23.5 Å². The van der Waals surface area contributed by atoms with Crippen molar-refractivity contribution in [2.75, 3.05) is 4.90 Å². The van der Waals surface area contributed by atoms with E-state index in [4.69, 9.17) is 4.74 Å². The highest BCUT2D eigenvalue weighted by atomic mass is 32.2. The minimum Gasteiger partial charge on any atom is -0.478 e. The Hall–Kier alpha value is -2.61. The van der Waals surface area contributed by atoms with Gasteiger partial charge in [-0.3, -0.25) is 0 Å². The Morgan fingerprint density at radius 1 is 1.07 bits per heavy atom. The number of carbonyl (C=O) groups excluding carboxylic acids is 1. The minimum absolute atomic E-state index is 0.0885. The monoisotopic (exact) mass is 395 g/mol. The number of para-hydroxylation sites is 1. The second-order valence-corrected chi connectivity index (χ2v) is 7.57. The summed E-state index contributed by atoms with van der Waals surface area (Å²) in [5, 5.41) is 9.45. The molecule has 0 aliphatic carbocycles. The van der Waals surface area contributed by atoms with E-state index in [0.29, 0.717) is 22.3 Å². The van der Waals surface area contributed by atoms with Gasteiger partial charge in [0.1, 0.15) is 5.60 Å². The third-order valence-electron chi connectivity index (χ3n) is 3.27. The molecule has 0 saturated carbocycles. The molecule has 2 aromatic carbocycles. The third-order valence-corrected chi connectivity index (χ3v) is 3.99. The molecule has 0 heterocycles.